The molecule has 0 unspecified atom stereocenters. The molecule has 4 heteroatoms. The molecule has 4 nitrogen and oxygen atoms in total. The van der Waals surface area contributed by atoms with Crippen molar-refractivity contribution >= 4 is 5.78 Å². The van der Waals surface area contributed by atoms with E-state index in [1.165, 1.54) is 32.1 Å². The molecule has 92 valence electrons. The fourth-order valence-corrected chi connectivity index (χ4v) is 3.13. The number of nitrogens with zero attached hydrogens (tertiary/aromatic N) is 2. The molecule has 0 bridgehead atoms. The van der Waals surface area contributed by atoms with E-state index in [9.17, 15) is 4.79 Å². The molecule has 1 saturated carbocycles. The van der Waals surface area contributed by atoms with Crippen molar-refractivity contribution in [2.45, 2.75) is 51.6 Å². The van der Waals surface area contributed by atoms with Gasteiger partial charge in [0.15, 0.2) is 5.78 Å². The topological polar surface area (TPSA) is 46.9 Å². The Morgan fingerprint density at radius 3 is 2.71 bits per heavy atom. The third kappa shape index (κ3) is 1.80. The van der Waals surface area contributed by atoms with Gasteiger partial charge < -0.3 is 5.32 Å². The summed E-state index contributed by atoms with van der Waals surface area (Å²) in [6, 6.07) is 0.516. The number of carbonyl (C=O) groups is 1. The largest absolute Gasteiger partial charge is 0.304 e. The van der Waals surface area contributed by atoms with Gasteiger partial charge in [0.1, 0.15) is 0 Å². The molecule has 0 saturated heterocycles. The molecule has 1 aromatic rings. The SMILES string of the molecule is Cc1c2c(nn1C1CCCCC1)CNCC2=O. The smallest absolute Gasteiger partial charge is 0.180 e. The normalized spacial score (nSPS) is 21.6. The van der Waals surface area contributed by atoms with Gasteiger partial charge in [-0.2, -0.15) is 5.10 Å². The van der Waals surface area contributed by atoms with Crippen molar-refractivity contribution in [1.82, 2.24) is 15.1 Å². The fourth-order valence-electron chi connectivity index (χ4n) is 3.13. The van der Waals surface area contributed by atoms with Crippen molar-refractivity contribution in [3.8, 4) is 0 Å². The second-order valence-electron chi connectivity index (χ2n) is 5.17. The van der Waals surface area contributed by atoms with Crippen LogP contribution >= 0.6 is 0 Å². The van der Waals surface area contributed by atoms with Crippen LogP contribution in [0.1, 0.15) is 59.9 Å². The molecule has 2 heterocycles. The first kappa shape index (κ1) is 11.0. The maximum Gasteiger partial charge on any atom is 0.180 e. The molecule has 0 aromatic carbocycles. The molecule has 1 N–H and O–H groups in total. The first-order chi connectivity index (χ1) is 8.27. The lowest BCUT2D eigenvalue weighted by Crippen LogP contribution is -2.29. The van der Waals surface area contributed by atoms with Crippen molar-refractivity contribution in [3.63, 3.8) is 0 Å². The van der Waals surface area contributed by atoms with Crippen molar-refractivity contribution in [3.05, 3.63) is 17.0 Å². The molecular formula is C13H19N3O. The van der Waals surface area contributed by atoms with Gasteiger partial charge in [-0.3, -0.25) is 9.48 Å². The Balaban J connectivity index is 1.97. The van der Waals surface area contributed by atoms with E-state index in [1.54, 1.807) is 0 Å². The Morgan fingerprint density at radius 2 is 2.00 bits per heavy atom. The lowest BCUT2D eigenvalue weighted by Gasteiger charge is -2.23. The van der Waals surface area contributed by atoms with E-state index in [2.05, 4.69) is 15.1 Å². The minimum atomic E-state index is 0.200. The highest BCUT2D eigenvalue weighted by atomic mass is 16.1. The van der Waals surface area contributed by atoms with Crippen molar-refractivity contribution < 1.29 is 4.79 Å². The Hall–Kier alpha value is -1.16. The molecule has 1 aromatic heterocycles. The predicted octanol–water partition coefficient (Wildman–Crippen LogP) is 1.98. The summed E-state index contributed by atoms with van der Waals surface area (Å²) in [5.74, 6) is 0.200. The Morgan fingerprint density at radius 1 is 1.24 bits per heavy atom. The number of nitrogens with one attached hydrogen (secondary N) is 1. The van der Waals surface area contributed by atoms with Crippen molar-refractivity contribution in [2.75, 3.05) is 6.54 Å². The summed E-state index contributed by atoms with van der Waals surface area (Å²) in [7, 11) is 0. The number of Topliss-reactive ketones (excluding diaryl/α,β-unsaturated/α-hetero) is 1. The summed E-state index contributed by atoms with van der Waals surface area (Å²) in [5, 5.41) is 7.77. The molecule has 17 heavy (non-hydrogen) atoms. The fraction of sp³-hybridized carbons (Fsp3) is 0.692. The van der Waals surface area contributed by atoms with Gasteiger partial charge >= 0.3 is 0 Å². The van der Waals surface area contributed by atoms with Crippen LogP contribution in [-0.2, 0) is 6.54 Å². The third-order valence-electron chi connectivity index (χ3n) is 4.00. The van der Waals surface area contributed by atoms with Crippen LogP contribution in [0.4, 0.5) is 0 Å². The van der Waals surface area contributed by atoms with Crippen LogP contribution < -0.4 is 5.32 Å². The highest BCUT2D eigenvalue weighted by molar-refractivity contribution is 6.00. The lowest BCUT2D eigenvalue weighted by molar-refractivity contribution is 0.0981. The minimum Gasteiger partial charge on any atom is -0.304 e. The zero-order valence-corrected chi connectivity index (χ0v) is 10.3. The van der Waals surface area contributed by atoms with E-state index >= 15 is 0 Å². The standard InChI is InChI=1S/C13H19N3O/c1-9-13-11(7-14-8-12(13)17)15-16(9)10-5-3-2-4-6-10/h10,14H,2-8H2,1H3. The van der Waals surface area contributed by atoms with Crippen LogP contribution in [0.25, 0.3) is 0 Å². The zero-order chi connectivity index (χ0) is 11.8. The number of fused-ring (bicyclic) bond motifs is 1. The van der Waals surface area contributed by atoms with Gasteiger partial charge in [-0.1, -0.05) is 19.3 Å². The van der Waals surface area contributed by atoms with Crippen molar-refractivity contribution in [2.24, 2.45) is 0 Å². The molecule has 1 fully saturated rings. The molecular weight excluding hydrogens is 214 g/mol. The summed E-state index contributed by atoms with van der Waals surface area (Å²) in [4.78, 5) is 11.9. The number of hydrogen-bond donors (Lipinski definition) is 1. The number of carbonyl (C=O) groups excluding carboxylic acids is 1. The second kappa shape index (κ2) is 4.26. The Kier molecular flexibility index (Phi) is 2.74. The quantitative estimate of drug-likeness (QED) is 0.807. The van der Waals surface area contributed by atoms with E-state index in [0.29, 0.717) is 12.6 Å². The van der Waals surface area contributed by atoms with E-state index in [-0.39, 0.29) is 5.78 Å². The van der Waals surface area contributed by atoms with E-state index in [4.69, 9.17) is 0 Å². The lowest BCUT2D eigenvalue weighted by atomic mass is 9.95. The summed E-state index contributed by atoms with van der Waals surface area (Å²) in [6.45, 7) is 3.25. The van der Waals surface area contributed by atoms with Crippen LogP contribution in [0.15, 0.2) is 0 Å². The highest BCUT2D eigenvalue weighted by Gasteiger charge is 2.27. The molecule has 0 radical (unpaired) electrons. The van der Waals surface area contributed by atoms with E-state index < -0.39 is 0 Å². The van der Waals surface area contributed by atoms with Crippen LogP contribution in [0.2, 0.25) is 0 Å². The van der Waals surface area contributed by atoms with E-state index in [1.807, 2.05) is 6.92 Å². The average molecular weight is 233 g/mol. The third-order valence-corrected chi connectivity index (χ3v) is 4.00. The van der Waals surface area contributed by atoms with Gasteiger partial charge in [0.25, 0.3) is 0 Å². The van der Waals surface area contributed by atoms with Gasteiger partial charge in [0, 0.05) is 12.2 Å². The van der Waals surface area contributed by atoms with Crippen LogP contribution in [0.5, 0.6) is 0 Å². The van der Waals surface area contributed by atoms with E-state index in [0.717, 1.165) is 23.5 Å². The van der Waals surface area contributed by atoms with Crippen LogP contribution in [0, 0.1) is 6.92 Å². The Bertz CT molecular complexity index is 444. The molecule has 0 amide bonds. The molecule has 2 aliphatic rings. The van der Waals surface area contributed by atoms with Gasteiger partial charge in [0.2, 0.25) is 0 Å². The molecule has 3 rings (SSSR count). The van der Waals surface area contributed by atoms with Gasteiger partial charge in [0.05, 0.1) is 23.8 Å². The predicted molar refractivity (Wildman–Crippen MR) is 65.1 cm³/mol. The summed E-state index contributed by atoms with van der Waals surface area (Å²) < 4.78 is 2.12. The summed E-state index contributed by atoms with van der Waals surface area (Å²) in [5.41, 5.74) is 2.91. The number of hydrogen-bond acceptors (Lipinski definition) is 3. The monoisotopic (exact) mass is 233 g/mol. The molecule has 1 aliphatic heterocycles. The molecule has 1 aliphatic carbocycles. The number of rotatable bonds is 1. The molecule has 0 spiro atoms. The first-order valence-electron chi connectivity index (χ1n) is 6.59. The summed E-state index contributed by atoms with van der Waals surface area (Å²) in [6.07, 6.45) is 6.35. The molecule has 0 atom stereocenters. The number of aromatic nitrogens is 2. The maximum absolute atomic E-state index is 11.9. The maximum atomic E-state index is 11.9. The average Bonchev–Trinajstić information content (AvgIpc) is 2.69. The number of ketones is 1. The van der Waals surface area contributed by atoms with Gasteiger partial charge in [-0.25, -0.2) is 0 Å². The van der Waals surface area contributed by atoms with Gasteiger partial charge in [-0.15, -0.1) is 0 Å². The summed E-state index contributed by atoms with van der Waals surface area (Å²) >= 11 is 0. The minimum absolute atomic E-state index is 0.200. The van der Waals surface area contributed by atoms with Crippen LogP contribution in [0.3, 0.4) is 0 Å². The first-order valence-corrected chi connectivity index (χ1v) is 6.59. The van der Waals surface area contributed by atoms with Gasteiger partial charge in [-0.05, 0) is 19.8 Å². The Labute approximate surface area is 101 Å². The second-order valence-corrected chi connectivity index (χ2v) is 5.17. The van der Waals surface area contributed by atoms with Crippen molar-refractivity contribution in [1.29, 1.82) is 0 Å². The highest BCUT2D eigenvalue weighted by Crippen LogP contribution is 2.30. The van der Waals surface area contributed by atoms with Crippen LogP contribution in [-0.4, -0.2) is 22.1 Å². The zero-order valence-electron chi connectivity index (χ0n) is 10.3.